The Hall–Kier alpha value is -0.350. The maximum absolute atomic E-state index is 5.52. The molecule has 2 heterocycles. The fraction of sp³-hybridized carbons (Fsp3) is 0.889. The second-order valence-electron chi connectivity index (χ2n) is 4.22. The lowest BCUT2D eigenvalue weighted by molar-refractivity contribution is 0.0563. The van der Waals surface area contributed by atoms with Gasteiger partial charge in [-0.3, -0.25) is 0 Å². The Morgan fingerprint density at radius 2 is 2.31 bits per heavy atom. The molecule has 1 saturated carbocycles. The van der Waals surface area contributed by atoms with E-state index >= 15 is 0 Å². The van der Waals surface area contributed by atoms with Crippen molar-refractivity contribution < 1.29 is 4.74 Å². The van der Waals surface area contributed by atoms with Crippen LogP contribution < -0.4 is 5.32 Å². The third-order valence-electron chi connectivity index (χ3n) is 3.07. The summed E-state index contributed by atoms with van der Waals surface area (Å²) in [7, 11) is 0. The van der Waals surface area contributed by atoms with Crippen molar-refractivity contribution in [2.24, 2.45) is 0 Å². The standard InChI is InChI=1S/C9H14N2OS/c13-9(10-6-1-2-6)11-4-8-3-7(11)5-12-8/h6-8H,1-5H2,(H,10,13). The van der Waals surface area contributed by atoms with E-state index in [1.165, 1.54) is 19.3 Å². The minimum Gasteiger partial charge on any atom is -0.374 e. The number of ether oxygens (including phenoxy) is 1. The van der Waals surface area contributed by atoms with Gasteiger partial charge in [0.1, 0.15) is 0 Å². The average molecular weight is 198 g/mol. The second-order valence-corrected chi connectivity index (χ2v) is 4.61. The Kier molecular flexibility index (Phi) is 1.73. The van der Waals surface area contributed by atoms with Crippen molar-refractivity contribution in [1.82, 2.24) is 10.2 Å². The van der Waals surface area contributed by atoms with Crippen molar-refractivity contribution in [2.45, 2.75) is 37.5 Å². The highest BCUT2D eigenvalue weighted by atomic mass is 32.1. The fourth-order valence-electron chi connectivity index (χ4n) is 2.13. The van der Waals surface area contributed by atoms with E-state index in [0.29, 0.717) is 18.2 Å². The van der Waals surface area contributed by atoms with Crippen molar-refractivity contribution in [3.8, 4) is 0 Å². The van der Waals surface area contributed by atoms with Gasteiger partial charge < -0.3 is 15.0 Å². The number of nitrogens with one attached hydrogen (secondary N) is 1. The Morgan fingerprint density at radius 3 is 2.85 bits per heavy atom. The summed E-state index contributed by atoms with van der Waals surface area (Å²) in [6.45, 7) is 1.88. The van der Waals surface area contributed by atoms with E-state index in [-0.39, 0.29) is 0 Å². The highest BCUT2D eigenvalue weighted by Crippen LogP contribution is 2.28. The topological polar surface area (TPSA) is 24.5 Å². The molecule has 3 rings (SSSR count). The van der Waals surface area contributed by atoms with Crippen LogP contribution in [0.1, 0.15) is 19.3 Å². The first-order valence-corrected chi connectivity index (χ1v) is 5.42. The maximum Gasteiger partial charge on any atom is 0.169 e. The number of morpholine rings is 1. The van der Waals surface area contributed by atoms with E-state index in [4.69, 9.17) is 17.0 Å². The van der Waals surface area contributed by atoms with Crippen LogP contribution in [0.15, 0.2) is 0 Å². The van der Waals surface area contributed by atoms with Gasteiger partial charge in [0.25, 0.3) is 0 Å². The Morgan fingerprint density at radius 1 is 1.46 bits per heavy atom. The zero-order valence-electron chi connectivity index (χ0n) is 7.53. The van der Waals surface area contributed by atoms with Crippen molar-refractivity contribution in [3.05, 3.63) is 0 Å². The molecule has 2 atom stereocenters. The van der Waals surface area contributed by atoms with Gasteiger partial charge in [-0.1, -0.05) is 0 Å². The van der Waals surface area contributed by atoms with Crippen LogP contribution >= 0.6 is 12.2 Å². The molecule has 0 radical (unpaired) electrons. The van der Waals surface area contributed by atoms with E-state index in [1.54, 1.807) is 0 Å². The van der Waals surface area contributed by atoms with Gasteiger partial charge in [0.05, 0.1) is 18.8 Å². The molecule has 0 amide bonds. The fourth-order valence-corrected chi connectivity index (χ4v) is 2.52. The number of hydrogen-bond donors (Lipinski definition) is 1. The molecule has 2 bridgehead atoms. The van der Waals surface area contributed by atoms with Gasteiger partial charge in [-0.05, 0) is 31.5 Å². The van der Waals surface area contributed by atoms with Gasteiger partial charge in [0, 0.05) is 12.6 Å². The lowest BCUT2D eigenvalue weighted by atomic mass is 10.2. The van der Waals surface area contributed by atoms with Crippen LogP contribution in [0.5, 0.6) is 0 Å². The first kappa shape index (κ1) is 8.00. The summed E-state index contributed by atoms with van der Waals surface area (Å²) < 4.78 is 5.52. The molecular formula is C9H14N2OS. The first-order chi connectivity index (χ1) is 6.33. The summed E-state index contributed by atoms with van der Waals surface area (Å²) in [5.74, 6) is 0. The largest absolute Gasteiger partial charge is 0.374 e. The van der Waals surface area contributed by atoms with E-state index in [1.807, 2.05) is 0 Å². The van der Waals surface area contributed by atoms with Gasteiger partial charge in [-0.25, -0.2) is 0 Å². The smallest absolute Gasteiger partial charge is 0.169 e. The van der Waals surface area contributed by atoms with Gasteiger partial charge >= 0.3 is 0 Å². The van der Waals surface area contributed by atoms with Crippen LogP contribution in [0.4, 0.5) is 0 Å². The van der Waals surface area contributed by atoms with E-state index in [0.717, 1.165) is 18.3 Å². The molecule has 0 aromatic rings. The summed E-state index contributed by atoms with van der Waals surface area (Å²) in [5.41, 5.74) is 0. The van der Waals surface area contributed by atoms with Crippen molar-refractivity contribution in [3.63, 3.8) is 0 Å². The predicted molar refractivity (Wildman–Crippen MR) is 53.6 cm³/mol. The van der Waals surface area contributed by atoms with Crippen molar-refractivity contribution in [1.29, 1.82) is 0 Å². The van der Waals surface area contributed by atoms with Crippen LogP contribution in [0, 0.1) is 0 Å². The zero-order chi connectivity index (χ0) is 8.84. The normalized spacial score (nSPS) is 36.8. The summed E-state index contributed by atoms with van der Waals surface area (Å²) in [4.78, 5) is 2.31. The Balaban J connectivity index is 1.61. The molecule has 13 heavy (non-hydrogen) atoms. The maximum atomic E-state index is 5.52. The van der Waals surface area contributed by atoms with Gasteiger partial charge in [0.2, 0.25) is 0 Å². The molecule has 1 N–H and O–H groups in total. The zero-order valence-corrected chi connectivity index (χ0v) is 8.35. The highest BCUT2D eigenvalue weighted by Gasteiger charge is 2.40. The van der Waals surface area contributed by atoms with E-state index in [2.05, 4.69) is 10.2 Å². The molecule has 0 aromatic heterocycles. The molecule has 3 fully saturated rings. The SMILES string of the molecule is S=C(NC1CC1)N1CC2CC1CO2. The molecule has 2 aliphatic heterocycles. The molecule has 2 saturated heterocycles. The minimum atomic E-state index is 0.448. The first-order valence-electron chi connectivity index (χ1n) is 5.01. The lowest BCUT2D eigenvalue weighted by Crippen LogP contribution is -2.47. The Bertz CT molecular complexity index is 242. The number of nitrogens with zero attached hydrogens (tertiary/aromatic N) is 1. The number of hydrogen-bond acceptors (Lipinski definition) is 2. The van der Waals surface area contributed by atoms with Gasteiger partial charge in [0.15, 0.2) is 5.11 Å². The Labute approximate surface area is 83.4 Å². The van der Waals surface area contributed by atoms with E-state index in [9.17, 15) is 0 Å². The molecule has 72 valence electrons. The van der Waals surface area contributed by atoms with Crippen LogP contribution in [0.2, 0.25) is 0 Å². The summed E-state index contributed by atoms with van der Waals surface area (Å²) in [6, 6.07) is 1.23. The molecule has 4 heteroatoms. The number of likely N-dealkylation sites (tertiary alicyclic amines) is 1. The molecular weight excluding hydrogens is 184 g/mol. The van der Waals surface area contributed by atoms with Crippen LogP contribution in [0.25, 0.3) is 0 Å². The van der Waals surface area contributed by atoms with Crippen LogP contribution in [-0.2, 0) is 4.74 Å². The summed E-state index contributed by atoms with van der Waals surface area (Å²) >= 11 is 5.35. The predicted octanol–water partition coefficient (Wildman–Crippen LogP) is 0.496. The summed E-state index contributed by atoms with van der Waals surface area (Å²) in [6.07, 6.45) is 4.20. The molecule has 3 aliphatic rings. The molecule has 1 aliphatic carbocycles. The number of fused-ring (bicyclic) bond motifs is 2. The quantitative estimate of drug-likeness (QED) is 0.620. The van der Waals surface area contributed by atoms with Crippen molar-refractivity contribution in [2.75, 3.05) is 13.2 Å². The molecule has 0 aromatic carbocycles. The number of thiocarbonyl (C=S) groups is 1. The van der Waals surface area contributed by atoms with Crippen LogP contribution in [0.3, 0.4) is 0 Å². The number of rotatable bonds is 1. The van der Waals surface area contributed by atoms with E-state index < -0.39 is 0 Å². The highest BCUT2D eigenvalue weighted by molar-refractivity contribution is 7.80. The second kappa shape index (κ2) is 2.82. The molecule has 2 unspecified atom stereocenters. The third kappa shape index (κ3) is 1.42. The average Bonchev–Trinajstić information content (AvgIpc) is 2.71. The van der Waals surface area contributed by atoms with Crippen LogP contribution in [-0.4, -0.2) is 41.4 Å². The van der Waals surface area contributed by atoms with Crippen molar-refractivity contribution >= 4 is 17.3 Å². The third-order valence-corrected chi connectivity index (χ3v) is 3.42. The minimum absolute atomic E-state index is 0.448. The molecule has 3 nitrogen and oxygen atoms in total. The molecule has 0 spiro atoms. The lowest BCUT2D eigenvalue weighted by Gasteiger charge is -2.29. The monoisotopic (exact) mass is 198 g/mol. The van der Waals surface area contributed by atoms with Gasteiger partial charge in [-0.2, -0.15) is 0 Å². The summed E-state index contributed by atoms with van der Waals surface area (Å²) in [5, 5.41) is 4.34. The van der Waals surface area contributed by atoms with Gasteiger partial charge in [-0.15, -0.1) is 0 Å².